The Bertz CT molecular complexity index is 521. The van der Waals surface area contributed by atoms with Gasteiger partial charge in [-0.2, -0.15) is 0 Å². The number of methoxy groups -OCH3 is 1. The van der Waals surface area contributed by atoms with E-state index in [0.29, 0.717) is 10.6 Å². The first-order valence-corrected chi connectivity index (χ1v) is 6.38. The number of thioether (sulfide) groups is 1. The molecule has 0 spiro atoms. The van der Waals surface area contributed by atoms with Crippen molar-refractivity contribution in [2.24, 2.45) is 5.73 Å². The summed E-state index contributed by atoms with van der Waals surface area (Å²) in [5, 5.41) is 13.6. The topological polar surface area (TPSA) is 107 Å². The second-order valence-corrected chi connectivity index (χ2v) is 4.75. The van der Waals surface area contributed by atoms with Gasteiger partial charge in [0.05, 0.1) is 22.7 Å². The maximum atomic E-state index is 11.0. The SMILES string of the molecule is COC(=O)CSc1ccc(NC(N)=S)cc1[N+](=O)[O-]. The van der Waals surface area contributed by atoms with Crippen molar-refractivity contribution in [2.45, 2.75) is 4.90 Å². The summed E-state index contributed by atoms with van der Waals surface area (Å²) in [6.45, 7) is 0. The molecule has 9 heteroatoms. The van der Waals surface area contributed by atoms with Crippen molar-refractivity contribution in [1.82, 2.24) is 0 Å². The summed E-state index contributed by atoms with van der Waals surface area (Å²) in [6, 6.07) is 4.41. The predicted octanol–water partition coefficient (Wildman–Crippen LogP) is 1.52. The molecule has 0 aromatic heterocycles. The minimum absolute atomic E-state index is 0.000579. The number of benzene rings is 1. The number of nitrogens with zero attached hydrogens (tertiary/aromatic N) is 1. The largest absolute Gasteiger partial charge is 0.468 e. The molecular weight excluding hydrogens is 290 g/mol. The van der Waals surface area contributed by atoms with E-state index in [2.05, 4.69) is 22.3 Å². The molecule has 0 bridgehead atoms. The Labute approximate surface area is 118 Å². The van der Waals surface area contributed by atoms with Gasteiger partial charge in [0.2, 0.25) is 0 Å². The van der Waals surface area contributed by atoms with Crippen molar-refractivity contribution in [1.29, 1.82) is 0 Å². The summed E-state index contributed by atoms with van der Waals surface area (Å²) >= 11 is 5.68. The highest BCUT2D eigenvalue weighted by Crippen LogP contribution is 2.31. The summed E-state index contributed by atoms with van der Waals surface area (Å²) in [4.78, 5) is 21.8. The van der Waals surface area contributed by atoms with E-state index in [1.54, 1.807) is 6.07 Å². The molecule has 0 atom stereocenters. The van der Waals surface area contributed by atoms with E-state index in [9.17, 15) is 14.9 Å². The molecule has 0 amide bonds. The standard InChI is InChI=1S/C10H11N3O4S2/c1-17-9(14)5-19-8-3-2-6(12-10(11)18)4-7(8)13(15)16/h2-4H,5H2,1H3,(H3,11,12,18). The molecule has 0 saturated heterocycles. The molecule has 0 unspecified atom stereocenters. The van der Waals surface area contributed by atoms with E-state index >= 15 is 0 Å². The number of anilines is 1. The molecule has 0 saturated carbocycles. The first kappa shape index (κ1) is 15.2. The molecule has 0 aliphatic carbocycles. The number of nitrogens with one attached hydrogen (secondary N) is 1. The van der Waals surface area contributed by atoms with Gasteiger partial charge in [0, 0.05) is 11.8 Å². The summed E-state index contributed by atoms with van der Waals surface area (Å²) < 4.78 is 4.47. The Balaban J connectivity index is 2.94. The van der Waals surface area contributed by atoms with Gasteiger partial charge in [-0.1, -0.05) is 0 Å². The fourth-order valence-corrected chi connectivity index (χ4v) is 2.15. The third kappa shape index (κ3) is 4.72. The van der Waals surface area contributed by atoms with Gasteiger partial charge >= 0.3 is 5.97 Å². The maximum Gasteiger partial charge on any atom is 0.315 e. The lowest BCUT2D eigenvalue weighted by Crippen LogP contribution is -2.18. The van der Waals surface area contributed by atoms with E-state index in [1.165, 1.54) is 19.2 Å². The molecule has 19 heavy (non-hydrogen) atoms. The lowest BCUT2D eigenvalue weighted by atomic mass is 10.3. The van der Waals surface area contributed by atoms with Crippen LogP contribution in [0.1, 0.15) is 0 Å². The Morgan fingerprint density at radius 1 is 1.63 bits per heavy atom. The minimum Gasteiger partial charge on any atom is -0.468 e. The number of carbonyl (C=O) groups is 1. The van der Waals surface area contributed by atoms with Gasteiger partial charge in [0.15, 0.2) is 5.11 Å². The summed E-state index contributed by atoms with van der Waals surface area (Å²) in [5.41, 5.74) is 5.58. The molecule has 1 aromatic rings. The number of nitro benzene ring substituents is 1. The smallest absolute Gasteiger partial charge is 0.315 e. The van der Waals surface area contributed by atoms with Gasteiger partial charge < -0.3 is 15.8 Å². The third-order valence-electron chi connectivity index (χ3n) is 2.00. The molecule has 0 fully saturated rings. The Kier molecular flexibility index (Phi) is 5.52. The third-order valence-corrected chi connectivity index (χ3v) is 3.13. The van der Waals surface area contributed by atoms with Crippen LogP contribution in [0.25, 0.3) is 0 Å². The highest BCUT2D eigenvalue weighted by atomic mass is 32.2. The molecule has 1 aromatic carbocycles. The fraction of sp³-hybridized carbons (Fsp3) is 0.200. The zero-order valence-electron chi connectivity index (χ0n) is 9.91. The lowest BCUT2D eigenvalue weighted by molar-refractivity contribution is -0.387. The molecule has 1 rings (SSSR count). The van der Waals surface area contributed by atoms with Crippen LogP contribution >= 0.6 is 24.0 Å². The number of rotatable bonds is 5. The highest BCUT2D eigenvalue weighted by Gasteiger charge is 2.16. The van der Waals surface area contributed by atoms with Crippen LogP contribution in [0.4, 0.5) is 11.4 Å². The van der Waals surface area contributed by atoms with Crippen molar-refractivity contribution in [3.8, 4) is 0 Å². The van der Waals surface area contributed by atoms with Gasteiger partial charge in [-0.05, 0) is 24.4 Å². The van der Waals surface area contributed by atoms with Crippen molar-refractivity contribution >= 4 is 46.4 Å². The van der Waals surface area contributed by atoms with Crippen LogP contribution < -0.4 is 11.1 Å². The summed E-state index contributed by atoms with van der Waals surface area (Å²) in [5.74, 6) is -0.455. The first-order chi connectivity index (χ1) is 8.93. The van der Waals surface area contributed by atoms with Crippen LogP contribution in [-0.2, 0) is 9.53 Å². The van der Waals surface area contributed by atoms with Crippen LogP contribution in [0.2, 0.25) is 0 Å². The normalized spacial score (nSPS) is 9.74. The highest BCUT2D eigenvalue weighted by molar-refractivity contribution is 8.00. The van der Waals surface area contributed by atoms with E-state index < -0.39 is 10.9 Å². The van der Waals surface area contributed by atoms with Gasteiger partial charge in [-0.3, -0.25) is 14.9 Å². The average molecular weight is 301 g/mol. The quantitative estimate of drug-likeness (QED) is 0.277. The number of thiocarbonyl (C=S) groups is 1. The maximum absolute atomic E-state index is 11.0. The van der Waals surface area contributed by atoms with Crippen molar-refractivity contribution in [3.05, 3.63) is 28.3 Å². The van der Waals surface area contributed by atoms with Gasteiger partial charge in [0.25, 0.3) is 5.69 Å². The average Bonchev–Trinajstić information content (AvgIpc) is 2.35. The zero-order chi connectivity index (χ0) is 14.4. The molecule has 102 valence electrons. The van der Waals surface area contributed by atoms with E-state index in [4.69, 9.17) is 5.73 Å². The second kappa shape index (κ2) is 6.90. The van der Waals surface area contributed by atoms with Crippen LogP contribution in [-0.4, -0.2) is 28.9 Å². The van der Waals surface area contributed by atoms with E-state index in [0.717, 1.165) is 11.8 Å². The Morgan fingerprint density at radius 3 is 2.84 bits per heavy atom. The summed E-state index contributed by atoms with van der Waals surface area (Å²) in [6.07, 6.45) is 0. The van der Waals surface area contributed by atoms with Crippen LogP contribution in [0.5, 0.6) is 0 Å². The van der Waals surface area contributed by atoms with Crippen molar-refractivity contribution in [2.75, 3.05) is 18.2 Å². The van der Waals surface area contributed by atoms with Crippen LogP contribution in [0.3, 0.4) is 0 Å². The van der Waals surface area contributed by atoms with E-state index in [1.807, 2.05) is 0 Å². The number of carbonyl (C=O) groups excluding carboxylic acids is 1. The van der Waals surface area contributed by atoms with Crippen molar-refractivity contribution in [3.63, 3.8) is 0 Å². The zero-order valence-corrected chi connectivity index (χ0v) is 11.5. The fourth-order valence-electron chi connectivity index (χ4n) is 1.20. The number of nitro groups is 1. The molecule has 3 N–H and O–H groups in total. The number of hydrogen-bond acceptors (Lipinski definition) is 6. The molecule has 0 aliphatic heterocycles. The summed E-state index contributed by atoms with van der Waals surface area (Å²) in [7, 11) is 1.26. The lowest BCUT2D eigenvalue weighted by Gasteiger charge is -2.06. The molecule has 0 radical (unpaired) electrons. The van der Waals surface area contributed by atoms with Crippen molar-refractivity contribution < 1.29 is 14.5 Å². The van der Waals surface area contributed by atoms with E-state index in [-0.39, 0.29) is 16.6 Å². The number of nitrogens with two attached hydrogens (primary N) is 1. The second-order valence-electron chi connectivity index (χ2n) is 3.29. The molecular formula is C10H11N3O4S2. The van der Waals surface area contributed by atoms with Gasteiger partial charge in [-0.15, -0.1) is 11.8 Å². The Hall–Kier alpha value is -1.87. The minimum atomic E-state index is -0.537. The monoisotopic (exact) mass is 301 g/mol. The molecule has 7 nitrogen and oxygen atoms in total. The number of ether oxygens (including phenoxy) is 1. The molecule has 0 aliphatic rings. The Morgan fingerprint density at radius 2 is 2.32 bits per heavy atom. The first-order valence-electron chi connectivity index (χ1n) is 4.98. The van der Waals surface area contributed by atoms with Crippen LogP contribution in [0, 0.1) is 10.1 Å². The van der Waals surface area contributed by atoms with Gasteiger partial charge in [0.1, 0.15) is 0 Å². The number of esters is 1. The number of hydrogen-bond donors (Lipinski definition) is 2. The van der Waals surface area contributed by atoms with Crippen LogP contribution in [0.15, 0.2) is 23.1 Å². The van der Waals surface area contributed by atoms with Gasteiger partial charge in [-0.25, -0.2) is 0 Å². The predicted molar refractivity (Wildman–Crippen MR) is 76.2 cm³/mol. The molecule has 0 heterocycles.